The number of aliphatic hydroxyl groups excluding tert-OH is 1. The van der Waals surface area contributed by atoms with Crippen LogP contribution in [0.15, 0.2) is 69.3 Å². The number of aliphatic hydroxyl groups is 1. The van der Waals surface area contributed by atoms with E-state index in [0.717, 1.165) is 0 Å². The Morgan fingerprint density at radius 3 is 2.62 bits per heavy atom. The van der Waals surface area contributed by atoms with Crippen LogP contribution in [0, 0.1) is 0 Å². The van der Waals surface area contributed by atoms with Crippen LogP contribution in [0.1, 0.15) is 12.5 Å². The molecular weight excluding hydrogens is 440 g/mol. The minimum absolute atomic E-state index is 0.0347. The third kappa shape index (κ3) is 4.69. The molecule has 1 unspecified atom stereocenters. The van der Waals surface area contributed by atoms with Gasteiger partial charge in [-0.1, -0.05) is 30.3 Å². The van der Waals surface area contributed by atoms with Crippen LogP contribution in [-0.2, 0) is 13.6 Å². The Balaban J connectivity index is 1.67. The molecule has 4 rings (SSSR count). The lowest BCUT2D eigenvalue weighted by Crippen LogP contribution is -2.30. The molecule has 0 fully saturated rings. The molecule has 0 aliphatic heterocycles. The van der Waals surface area contributed by atoms with E-state index in [1.54, 1.807) is 43.3 Å². The zero-order valence-corrected chi connectivity index (χ0v) is 18.6. The van der Waals surface area contributed by atoms with E-state index >= 15 is 0 Å². The smallest absolute Gasteiger partial charge is 0.329 e. The Morgan fingerprint density at radius 2 is 1.88 bits per heavy atom. The molecule has 0 aliphatic rings. The average Bonchev–Trinajstić information content (AvgIpc) is 3.19. The Kier molecular flexibility index (Phi) is 6.46. The number of hydrogen-bond donors (Lipinski definition) is 4. The van der Waals surface area contributed by atoms with Crippen molar-refractivity contribution in [1.29, 1.82) is 0 Å². The molecule has 34 heavy (non-hydrogen) atoms. The molecule has 11 nitrogen and oxygen atoms in total. The van der Waals surface area contributed by atoms with Crippen molar-refractivity contribution in [3.63, 3.8) is 0 Å². The summed E-state index contributed by atoms with van der Waals surface area (Å²) in [6.07, 6.45) is -1.00. The van der Waals surface area contributed by atoms with Gasteiger partial charge in [-0.05, 0) is 31.2 Å². The van der Waals surface area contributed by atoms with E-state index in [4.69, 9.17) is 4.74 Å². The highest BCUT2D eigenvalue weighted by molar-refractivity contribution is 6.01. The van der Waals surface area contributed by atoms with Crippen molar-refractivity contribution in [3.05, 3.63) is 81.0 Å². The lowest BCUT2D eigenvalue weighted by molar-refractivity contribution is 0.0938. The highest BCUT2D eigenvalue weighted by Crippen LogP contribution is 2.19. The normalized spacial score (nSPS) is 12.6. The van der Waals surface area contributed by atoms with E-state index in [9.17, 15) is 19.8 Å². The zero-order chi connectivity index (χ0) is 24.2. The molecule has 2 heterocycles. The first kappa shape index (κ1) is 22.8. The number of benzene rings is 2. The van der Waals surface area contributed by atoms with Gasteiger partial charge in [-0.2, -0.15) is 10.1 Å². The van der Waals surface area contributed by atoms with Crippen molar-refractivity contribution in [1.82, 2.24) is 19.1 Å². The van der Waals surface area contributed by atoms with Gasteiger partial charge in [0.2, 0.25) is 5.95 Å². The van der Waals surface area contributed by atoms with Crippen LogP contribution in [0.4, 0.5) is 5.95 Å². The summed E-state index contributed by atoms with van der Waals surface area (Å²) in [5, 5.41) is 25.0. The first-order chi connectivity index (χ1) is 16.3. The second-order valence-corrected chi connectivity index (χ2v) is 7.64. The third-order valence-corrected chi connectivity index (χ3v) is 5.20. The number of nitrogens with zero attached hydrogens (tertiary/aromatic N) is 4. The topological polar surface area (TPSA) is 147 Å². The van der Waals surface area contributed by atoms with Crippen molar-refractivity contribution >= 4 is 22.8 Å². The summed E-state index contributed by atoms with van der Waals surface area (Å²) in [4.78, 5) is 31.3. The molecule has 0 aliphatic carbocycles. The van der Waals surface area contributed by atoms with Crippen molar-refractivity contribution in [2.24, 2.45) is 12.1 Å². The molecular formula is C23H24N6O5. The second kappa shape index (κ2) is 9.63. The number of anilines is 1. The number of fused-ring (bicyclic) bond motifs is 1. The lowest BCUT2D eigenvalue weighted by Gasteiger charge is -2.15. The van der Waals surface area contributed by atoms with Crippen LogP contribution in [-0.4, -0.2) is 47.7 Å². The highest BCUT2D eigenvalue weighted by atomic mass is 16.5. The Hall–Kier alpha value is -4.38. The maximum absolute atomic E-state index is 12.6. The SMILES string of the molecule is C/C(=N/Nc1nc2c(c(=O)[nH]c(=O)n2C)n1CC(O)COc1ccccc1)c1ccccc1O. The largest absolute Gasteiger partial charge is 0.507 e. The van der Waals surface area contributed by atoms with E-state index in [1.807, 2.05) is 18.2 Å². The molecule has 0 spiro atoms. The first-order valence-electron chi connectivity index (χ1n) is 10.5. The molecule has 11 heteroatoms. The number of para-hydroxylation sites is 2. The standard InChI is InChI=1S/C23H24N6O5/c1-14(17-10-6-7-11-18(17)31)26-27-22-24-20-19(21(32)25-23(33)28(20)2)29(22)12-15(30)13-34-16-8-4-3-5-9-16/h3-11,15,30-31H,12-13H2,1-2H3,(H,24,27)(H,25,32,33)/b26-14-. The van der Waals surface area contributed by atoms with Gasteiger partial charge in [0.05, 0.1) is 12.3 Å². The van der Waals surface area contributed by atoms with Gasteiger partial charge >= 0.3 is 5.69 Å². The first-order valence-corrected chi connectivity index (χ1v) is 10.5. The van der Waals surface area contributed by atoms with Crippen molar-refractivity contribution in [2.45, 2.75) is 19.6 Å². The van der Waals surface area contributed by atoms with Crippen LogP contribution in [0.25, 0.3) is 11.2 Å². The summed E-state index contributed by atoms with van der Waals surface area (Å²) in [6, 6.07) is 15.7. The minimum atomic E-state index is -1.00. The van der Waals surface area contributed by atoms with E-state index in [1.165, 1.54) is 16.2 Å². The fourth-order valence-electron chi connectivity index (χ4n) is 3.44. The van der Waals surface area contributed by atoms with E-state index in [0.29, 0.717) is 17.0 Å². The van der Waals surface area contributed by atoms with Gasteiger partial charge in [-0.15, -0.1) is 0 Å². The molecule has 0 saturated heterocycles. The number of rotatable bonds is 8. The molecule has 0 amide bonds. The average molecular weight is 464 g/mol. The van der Waals surface area contributed by atoms with Crippen molar-refractivity contribution < 1.29 is 14.9 Å². The van der Waals surface area contributed by atoms with Gasteiger partial charge in [-0.3, -0.25) is 14.3 Å². The summed E-state index contributed by atoms with van der Waals surface area (Å²) in [5.74, 6) is 0.792. The zero-order valence-electron chi connectivity index (χ0n) is 18.6. The Morgan fingerprint density at radius 1 is 1.18 bits per heavy atom. The minimum Gasteiger partial charge on any atom is -0.507 e. The molecule has 0 saturated carbocycles. The molecule has 0 radical (unpaired) electrons. The van der Waals surface area contributed by atoms with E-state index in [-0.39, 0.29) is 36.0 Å². The van der Waals surface area contributed by atoms with Crippen LogP contribution in [0.3, 0.4) is 0 Å². The maximum atomic E-state index is 12.6. The van der Waals surface area contributed by atoms with E-state index < -0.39 is 17.4 Å². The van der Waals surface area contributed by atoms with Crippen LogP contribution in [0.5, 0.6) is 11.5 Å². The molecule has 176 valence electrons. The van der Waals surface area contributed by atoms with Crippen LogP contribution in [0.2, 0.25) is 0 Å². The predicted octanol–water partition coefficient (Wildman–Crippen LogP) is 1.40. The number of imidazole rings is 1. The Labute approximate surface area is 193 Å². The predicted molar refractivity (Wildman–Crippen MR) is 127 cm³/mol. The van der Waals surface area contributed by atoms with Gasteiger partial charge in [0.1, 0.15) is 24.2 Å². The van der Waals surface area contributed by atoms with Gasteiger partial charge in [0, 0.05) is 12.6 Å². The number of hydrogen-bond acceptors (Lipinski definition) is 8. The molecule has 2 aromatic heterocycles. The fraction of sp³-hybridized carbons (Fsp3) is 0.217. The maximum Gasteiger partial charge on any atom is 0.329 e. The number of ether oxygens (including phenoxy) is 1. The number of aryl methyl sites for hydroxylation is 1. The monoisotopic (exact) mass is 464 g/mol. The summed E-state index contributed by atoms with van der Waals surface area (Å²) in [7, 11) is 1.48. The van der Waals surface area contributed by atoms with Crippen molar-refractivity contribution in [2.75, 3.05) is 12.0 Å². The Bertz CT molecular complexity index is 1450. The number of H-pyrrole nitrogens is 1. The lowest BCUT2D eigenvalue weighted by atomic mass is 10.1. The van der Waals surface area contributed by atoms with Gasteiger partial charge < -0.3 is 19.5 Å². The number of nitrogens with one attached hydrogen (secondary N) is 2. The summed E-state index contributed by atoms with van der Waals surface area (Å²) in [5.41, 5.74) is 2.73. The summed E-state index contributed by atoms with van der Waals surface area (Å²) >= 11 is 0. The number of aromatic nitrogens is 4. The third-order valence-electron chi connectivity index (χ3n) is 5.20. The second-order valence-electron chi connectivity index (χ2n) is 7.64. The molecule has 1 atom stereocenters. The van der Waals surface area contributed by atoms with Gasteiger partial charge in [0.15, 0.2) is 11.2 Å². The molecule has 4 N–H and O–H groups in total. The number of aromatic hydroxyl groups is 1. The van der Waals surface area contributed by atoms with Gasteiger partial charge in [0.25, 0.3) is 5.56 Å². The summed E-state index contributed by atoms with van der Waals surface area (Å²) < 4.78 is 8.25. The van der Waals surface area contributed by atoms with Crippen LogP contribution < -0.4 is 21.4 Å². The van der Waals surface area contributed by atoms with E-state index in [2.05, 4.69) is 20.5 Å². The molecule has 2 aromatic carbocycles. The van der Waals surface area contributed by atoms with Crippen molar-refractivity contribution in [3.8, 4) is 11.5 Å². The summed E-state index contributed by atoms with van der Waals surface area (Å²) in [6.45, 7) is 1.60. The van der Waals surface area contributed by atoms with Crippen LogP contribution >= 0.6 is 0 Å². The fourth-order valence-corrected chi connectivity index (χ4v) is 3.44. The number of phenols is 1. The number of phenolic OH excluding ortho intramolecular Hbond substituents is 1. The quantitative estimate of drug-likeness (QED) is 0.228. The molecule has 0 bridgehead atoms. The highest BCUT2D eigenvalue weighted by Gasteiger charge is 2.20. The number of hydrazone groups is 1. The van der Waals surface area contributed by atoms with Gasteiger partial charge in [-0.25, -0.2) is 10.2 Å². The number of aromatic amines is 1. The molecule has 4 aromatic rings.